The monoisotopic (exact) mass is 338 g/mol. The van der Waals surface area contributed by atoms with Crippen LogP contribution in [0.5, 0.6) is 0 Å². The predicted molar refractivity (Wildman–Crippen MR) is 78.9 cm³/mol. The molecule has 0 radical (unpaired) electrons. The topological polar surface area (TPSA) is 60.7 Å². The van der Waals surface area contributed by atoms with Gasteiger partial charge in [0.15, 0.2) is 0 Å². The molecule has 118 valence electrons. The van der Waals surface area contributed by atoms with Gasteiger partial charge in [-0.15, -0.1) is 5.10 Å². The lowest BCUT2D eigenvalue weighted by Crippen LogP contribution is -2.23. The number of halogens is 3. The molecule has 3 aromatic rings. The van der Waals surface area contributed by atoms with Crippen molar-refractivity contribution in [2.45, 2.75) is 17.1 Å². The maximum Gasteiger partial charge on any atom is 0.417 e. The Kier molecular flexibility index (Phi) is 4.03. The number of thioether (sulfide) groups is 1. The Morgan fingerprint density at radius 2 is 1.91 bits per heavy atom. The van der Waals surface area contributed by atoms with Gasteiger partial charge >= 0.3 is 6.18 Å². The lowest BCUT2D eigenvalue weighted by atomic mass is 10.2. The van der Waals surface area contributed by atoms with Crippen molar-refractivity contribution < 1.29 is 13.2 Å². The van der Waals surface area contributed by atoms with Crippen LogP contribution < -0.4 is 5.56 Å². The predicted octanol–water partition coefficient (Wildman–Crippen LogP) is 2.96. The number of rotatable bonds is 3. The van der Waals surface area contributed by atoms with Crippen LogP contribution in [-0.2, 0) is 12.1 Å². The third kappa shape index (κ3) is 3.34. The van der Waals surface area contributed by atoms with E-state index in [2.05, 4.69) is 15.3 Å². The molecule has 0 aliphatic carbocycles. The zero-order valence-electron chi connectivity index (χ0n) is 11.5. The first-order valence-corrected chi connectivity index (χ1v) is 7.42. The van der Waals surface area contributed by atoms with Gasteiger partial charge in [-0.2, -0.15) is 17.9 Å². The average molecular weight is 338 g/mol. The molecule has 0 fully saturated rings. The smallest absolute Gasteiger partial charge is 0.267 e. The van der Waals surface area contributed by atoms with Gasteiger partial charge in [0.05, 0.1) is 21.9 Å². The lowest BCUT2D eigenvalue weighted by Gasteiger charge is -2.07. The van der Waals surface area contributed by atoms with Gasteiger partial charge in [-0.25, -0.2) is 4.98 Å². The van der Waals surface area contributed by atoms with E-state index in [0.717, 1.165) is 28.7 Å². The summed E-state index contributed by atoms with van der Waals surface area (Å²) in [4.78, 5) is 15.9. The molecule has 0 spiro atoms. The molecule has 0 unspecified atom stereocenters. The second kappa shape index (κ2) is 5.99. The Bertz CT molecular complexity index is 893. The van der Waals surface area contributed by atoms with Crippen LogP contribution in [0, 0.1) is 0 Å². The molecule has 0 aliphatic heterocycles. The van der Waals surface area contributed by atoms with E-state index < -0.39 is 11.7 Å². The average Bonchev–Trinajstić information content (AvgIpc) is 2.54. The van der Waals surface area contributed by atoms with Crippen LogP contribution in [0.2, 0.25) is 0 Å². The molecule has 5 nitrogen and oxygen atoms in total. The molecule has 0 saturated heterocycles. The summed E-state index contributed by atoms with van der Waals surface area (Å²) in [5, 5.41) is 8.53. The molecular weight excluding hydrogens is 329 g/mol. The molecule has 2 aromatic heterocycles. The summed E-state index contributed by atoms with van der Waals surface area (Å²) in [5.74, 6) is 0.106. The van der Waals surface area contributed by atoms with Crippen molar-refractivity contribution in [2.24, 2.45) is 0 Å². The Labute approximate surface area is 132 Å². The largest absolute Gasteiger partial charge is 0.417 e. The third-order valence-electron chi connectivity index (χ3n) is 3.03. The highest BCUT2D eigenvalue weighted by atomic mass is 32.2. The minimum atomic E-state index is -4.42. The van der Waals surface area contributed by atoms with Gasteiger partial charge in [-0.1, -0.05) is 29.1 Å². The summed E-state index contributed by atoms with van der Waals surface area (Å²) in [7, 11) is 0. The van der Waals surface area contributed by atoms with Crippen LogP contribution in [0.3, 0.4) is 0 Å². The van der Waals surface area contributed by atoms with Crippen molar-refractivity contribution in [1.82, 2.24) is 20.0 Å². The second-order valence-electron chi connectivity index (χ2n) is 4.57. The fourth-order valence-corrected chi connectivity index (χ4v) is 2.58. The minimum absolute atomic E-state index is 0.106. The summed E-state index contributed by atoms with van der Waals surface area (Å²) in [5.41, 5.74) is -0.633. The van der Waals surface area contributed by atoms with Crippen molar-refractivity contribution in [1.29, 1.82) is 0 Å². The zero-order valence-corrected chi connectivity index (χ0v) is 12.3. The highest BCUT2D eigenvalue weighted by Crippen LogP contribution is 2.29. The second-order valence-corrected chi connectivity index (χ2v) is 5.53. The number of pyridine rings is 1. The summed E-state index contributed by atoms with van der Waals surface area (Å²) in [6.45, 7) is 0. The zero-order chi connectivity index (χ0) is 16.4. The maximum atomic E-state index is 12.5. The first-order valence-electron chi connectivity index (χ1n) is 6.44. The number of benzene rings is 1. The first-order chi connectivity index (χ1) is 10.9. The summed E-state index contributed by atoms with van der Waals surface area (Å²) in [6, 6.07) is 9.00. The Balaban J connectivity index is 1.78. The summed E-state index contributed by atoms with van der Waals surface area (Å²) in [6.07, 6.45) is -3.66. The van der Waals surface area contributed by atoms with E-state index in [-0.39, 0.29) is 11.4 Å². The molecule has 0 atom stereocenters. The lowest BCUT2D eigenvalue weighted by molar-refractivity contribution is -0.137. The fourth-order valence-electron chi connectivity index (χ4n) is 1.87. The van der Waals surface area contributed by atoms with Gasteiger partial charge < -0.3 is 0 Å². The van der Waals surface area contributed by atoms with Gasteiger partial charge in [0.25, 0.3) is 5.56 Å². The van der Waals surface area contributed by atoms with Crippen LogP contribution in [0.15, 0.2) is 52.4 Å². The fraction of sp³-hybridized carbons (Fsp3) is 0.143. The molecule has 3 rings (SSSR count). The summed E-state index contributed by atoms with van der Waals surface area (Å²) < 4.78 is 38.5. The molecule has 0 N–H and O–H groups in total. The molecule has 2 heterocycles. The van der Waals surface area contributed by atoms with Gasteiger partial charge in [0.1, 0.15) is 5.52 Å². The van der Waals surface area contributed by atoms with Gasteiger partial charge in [-0.05, 0) is 24.3 Å². The number of nitrogens with zero attached hydrogens (tertiary/aromatic N) is 4. The Morgan fingerprint density at radius 3 is 2.61 bits per heavy atom. The van der Waals surface area contributed by atoms with Gasteiger partial charge in [0.2, 0.25) is 0 Å². The van der Waals surface area contributed by atoms with E-state index in [9.17, 15) is 18.0 Å². The van der Waals surface area contributed by atoms with E-state index in [1.54, 1.807) is 24.3 Å². The Morgan fingerprint density at radius 1 is 1.13 bits per heavy atom. The molecule has 0 amide bonds. The Hall–Kier alpha value is -2.42. The van der Waals surface area contributed by atoms with Crippen LogP contribution in [0.1, 0.15) is 5.56 Å². The van der Waals surface area contributed by atoms with E-state index in [0.29, 0.717) is 15.9 Å². The quantitative estimate of drug-likeness (QED) is 0.687. The number of fused-ring (bicyclic) bond motifs is 1. The minimum Gasteiger partial charge on any atom is -0.267 e. The van der Waals surface area contributed by atoms with Crippen molar-refractivity contribution in [2.75, 3.05) is 0 Å². The molecule has 1 aromatic carbocycles. The highest BCUT2D eigenvalue weighted by molar-refractivity contribution is 7.98. The first kappa shape index (κ1) is 15.5. The van der Waals surface area contributed by atoms with Crippen molar-refractivity contribution in [3.63, 3.8) is 0 Å². The van der Waals surface area contributed by atoms with Gasteiger partial charge in [-0.3, -0.25) is 4.79 Å². The van der Waals surface area contributed by atoms with Crippen molar-refractivity contribution in [3.05, 3.63) is 58.5 Å². The number of hydrogen-bond acceptors (Lipinski definition) is 5. The van der Waals surface area contributed by atoms with E-state index in [1.807, 2.05) is 0 Å². The van der Waals surface area contributed by atoms with E-state index in [1.165, 1.54) is 6.07 Å². The molecular formula is C14H9F3N4OS. The van der Waals surface area contributed by atoms with Crippen LogP contribution >= 0.6 is 11.8 Å². The molecule has 0 bridgehead atoms. The third-order valence-corrected chi connectivity index (χ3v) is 3.94. The SMILES string of the molecule is O=c1c2ccccc2nnn1CSc1ccc(C(F)(F)F)cn1. The van der Waals surface area contributed by atoms with Crippen molar-refractivity contribution >= 4 is 22.7 Å². The number of hydrogen-bond donors (Lipinski definition) is 0. The van der Waals surface area contributed by atoms with E-state index in [4.69, 9.17) is 0 Å². The molecule has 9 heteroatoms. The molecule has 23 heavy (non-hydrogen) atoms. The van der Waals surface area contributed by atoms with Crippen LogP contribution in [0.4, 0.5) is 13.2 Å². The van der Waals surface area contributed by atoms with Crippen LogP contribution in [-0.4, -0.2) is 20.0 Å². The molecule has 0 aliphatic rings. The maximum absolute atomic E-state index is 12.5. The van der Waals surface area contributed by atoms with E-state index >= 15 is 0 Å². The number of alkyl halides is 3. The standard InChI is InChI=1S/C14H9F3N4OS/c15-14(16,17)9-5-6-12(18-7-9)23-8-21-13(22)10-3-1-2-4-11(10)19-20-21/h1-7H,8H2. The number of aromatic nitrogens is 4. The normalized spacial score (nSPS) is 11.8. The highest BCUT2D eigenvalue weighted by Gasteiger charge is 2.30. The summed E-state index contributed by atoms with van der Waals surface area (Å²) >= 11 is 1.10. The van der Waals surface area contributed by atoms with Gasteiger partial charge in [0, 0.05) is 6.20 Å². The van der Waals surface area contributed by atoms with Crippen molar-refractivity contribution in [3.8, 4) is 0 Å². The molecule has 0 saturated carbocycles. The van der Waals surface area contributed by atoms with Crippen LogP contribution in [0.25, 0.3) is 10.9 Å².